The summed E-state index contributed by atoms with van der Waals surface area (Å²) in [6.07, 6.45) is 3.11. The second kappa shape index (κ2) is 4.83. The molecule has 2 unspecified atom stereocenters. The highest BCUT2D eigenvalue weighted by Crippen LogP contribution is 2.25. The zero-order chi connectivity index (χ0) is 11.5. The lowest BCUT2D eigenvalue weighted by Gasteiger charge is -2.37. The lowest BCUT2D eigenvalue weighted by Crippen LogP contribution is -2.43. The first-order valence-corrected chi connectivity index (χ1v) is 6.08. The predicted molar refractivity (Wildman–Crippen MR) is 67.5 cm³/mol. The van der Waals surface area contributed by atoms with Crippen LogP contribution in [0.5, 0.6) is 0 Å². The zero-order valence-corrected chi connectivity index (χ0v) is 10.2. The van der Waals surface area contributed by atoms with Crippen molar-refractivity contribution in [2.24, 2.45) is 17.6 Å². The fourth-order valence-corrected chi connectivity index (χ4v) is 2.36. The molecule has 3 heteroatoms. The van der Waals surface area contributed by atoms with E-state index in [0.29, 0.717) is 5.92 Å². The van der Waals surface area contributed by atoms with Crippen LogP contribution in [0.1, 0.15) is 18.9 Å². The Morgan fingerprint density at radius 1 is 1.56 bits per heavy atom. The highest BCUT2D eigenvalue weighted by Gasteiger charge is 2.25. The maximum absolute atomic E-state index is 5.82. The molecule has 1 aliphatic rings. The van der Waals surface area contributed by atoms with Gasteiger partial charge in [0.15, 0.2) is 0 Å². The summed E-state index contributed by atoms with van der Waals surface area (Å²) in [5, 5.41) is 0. The summed E-state index contributed by atoms with van der Waals surface area (Å²) in [7, 11) is 0. The number of nitrogens with zero attached hydrogens (tertiary/aromatic N) is 2. The molecule has 0 spiro atoms. The van der Waals surface area contributed by atoms with Crippen molar-refractivity contribution >= 4 is 5.82 Å². The highest BCUT2D eigenvalue weighted by atomic mass is 15.2. The molecule has 1 aliphatic heterocycles. The number of anilines is 1. The van der Waals surface area contributed by atoms with Crippen LogP contribution in [0.2, 0.25) is 0 Å². The van der Waals surface area contributed by atoms with Gasteiger partial charge in [-0.2, -0.15) is 0 Å². The minimum atomic E-state index is 0.607. The molecule has 0 aromatic carbocycles. The van der Waals surface area contributed by atoms with Crippen LogP contribution in [-0.4, -0.2) is 24.6 Å². The van der Waals surface area contributed by atoms with Gasteiger partial charge in [0.2, 0.25) is 0 Å². The number of nitrogens with two attached hydrogens (primary N) is 1. The van der Waals surface area contributed by atoms with E-state index in [4.69, 9.17) is 5.73 Å². The molecule has 2 heterocycles. The van der Waals surface area contributed by atoms with Crippen LogP contribution in [0.15, 0.2) is 18.3 Å². The van der Waals surface area contributed by atoms with E-state index in [2.05, 4.69) is 29.8 Å². The van der Waals surface area contributed by atoms with Gasteiger partial charge in [-0.3, -0.25) is 0 Å². The zero-order valence-electron chi connectivity index (χ0n) is 10.2. The lowest BCUT2D eigenvalue weighted by molar-refractivity contribution is 0.307. The molecule has 2 N–H and O–H groups in total. The maximum Gasteiger partial charge on any atom is 0.128 e. The summed E-state index contributed by atoms with van der Waals surface area (Å²) in [4.78, 5) is 6.81. The van der Waals surface area contributed by atoms with Crippen LogP contribution < -0.4 is 10.6 Å². The Morgan fingerprint density at radius 3 is 3.06 bits per heavy atom. The van der Waals surface area contributed by atoms with Gasteiger partial charge >= 0.3 is 0 Å². The van der Waals surface area contributed by atoms with Crippen LogP contribution in [0.4, 0.5) is 5.82 Å². The van der Waals surface area contributed by atoms with Gasteiger partial charge in [0.1, 0.15) is 5.82 Å². The third kappa shape index (κ3) is 2.35. The van der Waals surface area contributed by atoms with Crippen molar-refractivity contribution in [2.45, 2.75) is 20.3 Å². The number of aryl methyl sites for hydroxylation is 1. The number of aromatic nitrogens is 1. The predicted octanol–water partition coefficient (Wildman–Crippen LogP) is 1.81. The largest absolute Gasteiger partial charge is 0.356 e. The standard InChI is InChI=1S/C13H21N3/c1-10-3-5-15-13(7-10)16-6-4-11(2)12(8-14)9-16/h3,5,7,11-12H,4,6,8-9,14H2,1-2H3. The average molecular weight is 219 g/mol. The number of pyridine rings is 1. The van der Waals surface area contributed by atoms with Gasteiger partial charge in [0.25, 0.3) is 0 Å². The van der Waals surface area contributed by atoms with Gasteiger partial charge in [-0.1, -0.05) is 6.92 Å². The number of rotatable bonds is 2. The maximum atomic E-state index is 5.82. The molecular formula is C13H21N3. The normalized spacial score (nSPS) is 25.8. The summed E-state index contributed by atoms with van der Waals surface area (Å²) in [6, 6.07) is 4.19. The summed E-state index contributed by atoms with van der Waals surface area (Å²) in [5.41, 5.74) is 7.09. The SMILES string of the molecule is Cc1ccnc(N2CCC(C)C(CN)C2)c1. The van der Waals surface area contributed by atoms with Crippen LogP contribution >= 0.6 is 0 Å². The molecule has 1 aromatic heterocycles. The summed E-state index contributed by atoms with van der Waals surface area (Å²) >= 11 is 0. The van der Waals surface area contributed by atoms with Crippen molar-refractivity contribution in [3.63, 3.8) is 0 Å². The molecule has 0 bridgehead atoms. The minimum Gasteiger partial charge on any atom is -0.356 e. The van der Waals surface area contributed by atoms with E-state index in [-0.39, 0.29) is 0 Å². The van der Waals surface area contributed by atoms with Crippen molar-refractivity contribution in [3.8, 4) is 0 Å². The van der Waals surface area contributed by atoms with E-state index < -0.39 is 0 Å². The molecule has 1 aromatic rings. The molecular weight excluding hydrogens is 198 g/mol. The average Bonchev–Trinajstić information content (AvgIpc) is 2.29. The second-order valence-electron chi connectivity index (χ2n) is 4.90. The van der Waals surface area contributed by atoms with Crippen molar-refractivity contribution in [1.82, 2.24) is 4.98 Å². The number of hydrogen-bond acceptors (Lipinski definition) is 3. The van der Waals surface area contributed by atoms with E-state index >= 15 is 0 Å². The highest BCUT2D eigenvalue weighted by molar-refractivity contribution is 5.41. The Bertz CT molecular complexity index is 351. The Hall–Kier alpha value is -1.09. The first-order valence-electron chi connectivity index (χ1n) is 6.08. The Kier molecular flexibility index (Phi) is 3.44. The molecule has 0 amide bonds. The minimum absolute atomic E-state index is 0.607. The summed E-state index contributed by atoms with van der Waals surface area (Å²) < 4.78 is 0. The molecule has 2 rings (SSSR count). The first-order chi connectivity index (χ1) is 7.70. The van der Waals surface area contributed by atoms with Gasteiger partial charge in [0.05, 0.1) is 0 Å². The Labute approximate surface area is 97.7 Å². The molecule has 0 aliphatic carbocycles. The van der Waals surface area contributed by atoms with E-state index in [1.54, 1.807) is 0 Å². The third-order valence-corrected chi connectivity index (χ3v) is 3.64. The molecule has 2 atom stereocenters. The fourth-order valence-electron chi connectivity index (χ4n) is 2.36. The molecule has 1 saturated heterocycles. The van der Waals surface area contributed by atoms with Crippen molar-refractivity contribution in [3.05, 3.63) is 23.9 Å². The van der Waals surface area contributed by atoms with Gasteiger partial charge in [-0.25, -0.2) is 4.98 Å². The van der Waals surface area contributed by atoms with E-state index in [9.17, 15) is 0 Å². The summed E-state index contributed by atoms with van der Waals surface area (Å²) in [5.74, 6) is 2.45. The third-order valence-electron chi connectivity index (χ3n) is 3.64. The van der Waals surface area contributed by atoms with E-state index in [1.807, 2.05) is 12.3 Å². The van der Waals surface area contributed by atoms with Gasteiger partial charge in [-0.15, -0.1) is 0 Å². The Morgan fingerprint density at radius 2 is 2.38 bits per heavy atom. The van der Waals surface area contributed by atoms with Crippen LogP contribution in [-0.2, 0) is 0 Å². The summed E-state index contributed by atoms with van der Waals surface area (Å²) in [6.45, 7) is 7.35. The second-order valence-corrected chi connectivity index (χ2v) is 4.90. The molecule has 16 heavy (non-hydrogen) atoms. The van der Waals surface area contributed by atoms with E-state index in [1.165, 1.54) is 12.0 Å². The fraction of sp³-hybridized carbons (Fsp3) is 0.615. The molecule has 0 radical (unpaired) electrons. The van der Waals surface area contributed by atoms with Crippen LogP contribution in [0, 0.1) is 18.8 Å². The molecule has 88 valence electrons. The van der Waals surface area contributed by atoms with Crippen LogP contribution in [0.3, 0.4) is 0 Å². The van der Waals surface area contributed by atoms with Gasteiger partial charge in [-0.05, 0) is 49.4 Å². The van der Waals surface area contributed by atoms with E-state index in [0.717, 1.165) is 31.4 Å². The monoisotopic (exact) mass is 219 g/mol. The van der Waals surface area contributed by atoms with Crippen molar-refractivity contribution < 1.29 is 0 Å². The number of hydrogen-bond donors (Lipinski definition) is 1. The van der Waals surface area contributed by atoms with Crippen molar-refractivity contribution in [1.29, 1.82) is 0 Å². The van der Waals surface area contributed by atoms with Gasteiger partial charge < -0.3 is 10.6 Å². The smallest absolute Gasteiger partial charge is 0.128 e. The van der Waals surface area contributed by atoms with Crippen LogP contribution in [0.25, 0.3) is 0 Å². The van der Waals surface area contributed by atoms with Gasteiger partial charge in [0, 0.05) is 19.3 Å². The van der Waals surface area contributed by atoms with Crippen molar-refractivity contribution in [2.75, 3.05) is 24.5 Å². The quantitative estimate of drug-likeness (QED) is 0.825. The molecule has 1 fully saturated rings. The topological polar surface area (TPSA) is 42.2 Å². The lowest BCUT2D eigenvalue weighted by atomic mass is 9.87. The first kappa shape index (κ1) is 11.4. The number of piperidine rings is 1. The molecule has 0 saturated carbocycles. The Balaban J connectivity index is 2.11. The molecule has 3 nitrogen and oxygen atoms in total.